The van der Waals surface area contributed by atoms with E-state index in [4.69, 9.17) is 5.73 Å². The van der Waals surface area contributed by atoms with Gasteiger partial charge in [0.25, 0.3) is 0 Å². The van der Waals surface area contributed by atoms with Crippen LogP contribution in [0.4, 0.5) is 11.4 Å². The Labute approximate surface area is 115 Å². The van der Waals surface area contributed by atoms with Crippen LogP contribution in [0.5, 0.6) is 0 Å². The van der Waals surface area contributed by atoms with E-state index in [0.717, 1.165) is 0 Å². The lowest BCUT2D eigenvalue weighted by atomic mass is 10.3. The van der Waals surface area contributed by atoms with E-state index in [9.17, 15) is 4.79 Å². The molecule has 6 nitrogen and oxygen atoms in total. The van der Waals surface area contributed by atoms with Gasteiger partial charge in [0.1, 0.15) is 6.33 Å². The zero-order valence-electron chi connectivity index (χ0n) is 10.7. The van der Waals surface area contributed by atoms with Crippen molar-refractivity contribution in [2.24, 2.45) is 7.05 Å². The van der Waals surface area contributed by atoms with Gasteiger partial charge in [-0.05, 0) is 25.1 Å². The number of rotatable bonds is 4. The summed E-state index contributed by atoms with van der Waals surface area (Å²) in [6.45, 7) is 1.82. The molecule has 3 N–H and O–H groups in total. The fourth-order valence-corrected chi connectivity index (χ4v) is 2.24. The maximum atomic E-state index is 12.0. The molecule has 7 heteroatoms. The number of nitrogens with zero attached hydrogens (tertiary/aromatic N) is 3. The summed E-state index contributed by atoms with van der Waals surface area (Å²) in [4.78, 5) is 12.0. The highest BCUT2D eigenvalue weighted by Crippen LogP contribution is 2.21. The smallest absolute Gasteiger partial charge is 0.237 e. The quantitative estimate of drug-likeness (QED) is 0.653. The first-order chi connectivity index (χ1) is 9.06. The topological polar surface area (TPSA) is 85.8 Å². The molecule has 0 aliphatic carbocycles. The van der Waals surface area contributed by atoms with Gasteiger partial charge in [-0.25, -0.2) is 0 Å². The van der Waals surface area contributed by atoms with Gasteiger partial charge in [-0.2, -0.15) is 0 Å². The van der Waals surface area contributed by atoms with Crippen LogP contribution >= 0.6 is 11.8 Å². The summed E-state index contributed by atoms with van der Waals surface area (Å²) in [7, 11) is 1.84. The number of amides is 1. The van der Waals surface area contributed by atoms with Gasteiger partial charge in [0, 0.05) is 18.4 Å². The maximum Gasteiger partial charge on any atom is 0.237 e. The van der Waals surface area contributed by atoms with Gasteiger partial charge in [0.05, 0.1) is 5.25 Å². The fraction of sp³-hybridized carbons (Fsp3) is 0.250. The molecule has 1 aromatic carbocycles. The molecule has 1 amide bonds. The second-order valence-corrected chi connectivity index (χ2v) is 5.41. The molecule has 0 radical (unpaired) electrons. The minimum Gasteiger partial charge on any atom is -0.399 e. The standard InChI is InChI=1S/C12H15N5OS/c1-8(19-12-16-14-7-17(12)2)11(18)15-10-5-3-4-9(13)6-10/h3-8H,13H2,1-2H3,(H,15,18). The van der Waals surface area contributed by atoms with Gasteiger partial charge in [0.2, 0.25) is 5.91 Å². The van der Waals surface area contributed by atoms with Crippen LogP contribution in [0.3, 0.4) is 0 Å². The molecule has 0 fully saturated rings. The number of aromatic nitrogens is 3. The lowest BCUT2D eigenvalue weighted by Crippen LogP contribution is -2.22. The highest BCUT2D eigenvalue weighted by Gasteiger charge is 2.17. The van der Waals surface area contributed by atoms with Crippen LogP contribution in [0.25, 0.3) is 0 Å². The molecule has 1 aromatic heterocycles. The van der Waals surface area contributed by atoms with Crippen LogP contribution < -0.4 is 11.1 Å². The monoisotopic (exact) mass is 277 g/mol. The van der Waals surface area contributed by atoms with Crippen molar-refractivity contribution in [3.63, 3.8) is 0 Å². The van der Waals surface area contributed by atoms with Crippen LogP contribution in [-0.2, 0) is 11.8 Å². The zero-order valence-corrected chi connectivity index (χ0v) is 11.5. The van der Waals surface area contributed by atoms with Crippen molar-refractivity contribution in [2.75, 3.05) is 11.1 Å². The van der Waals surface area contributed by atoms with Crippen molar-refractivity contribution in [1.29, 1.82) is 0 Å². The minimum absolute atomic E-state index is 0.0985. The Morgan fingerprint density at radius 1 is 1.53 bits per heavy atom. The molecule has 0 saturated heterocycles. The van der Waals surface area contributed by atoms with Gasteiger partial charge >= 0.3 is 0 Å². The van der Waals surface area contributed by atoms with E-state index in [0.29, 0.717) is 16.5 Å². The molecule has 0 spiro atoms. The van der Waals surface area contributed by atoms with Crippen LogP contribution in [-0.4, -0.2) is 25.9 Å². The molecular formula is C12H15N5OS. The second-order valence-electron chi connectivity index (χ2n) is 4.10. The van der Waals surface area contributed by atoms with Gasteiger partial charge in [-0.1, -0.05) is 17.8 Å². The van der Waals surface area contributed by atoms with Gasteiger partial charge in [-0.15, -0.1) is 10.2 Å². The van der Waals surface area contributed by atoms with E-state index in [1.165, 1.54) is 11.8 Å². The summed E-state index contributed by atoms with van der Waals surface area (Å²) in [6.07, 6.45) is 1.60. The predicted molar refractivity (Wildman–Crippen MR) is 75.8 cm³/mol. The van der Waals surface area contributed by atoms with Crippen molar-refractivity contribution < 1.29 is 4.79 Å². The number of carbonyl (C=O) groups is 1. The zero-order chi connectivity index (χ0) is 13.8. The second kappa shape index (κ2) is 5.75. The third kappa shape index (κ3) is 3.47. The number of anilines is 2. The number of hydrogen-bond donors (Lipinski definition) is 2. The van der Waals surface area contributed by atoms with Gasteiger partial charge in [-0.3, -0.25) is 4.79 Å². The van der Waals surface area contributed by atoms with E-state index in [-0.39, 0.29) is 11.2 Å². The number of carbonyl (C=O) groups excluding carboxylic acids is 1. The number of aryl methyl sites for hydroxylation is 1. The van der Waals surface area contributed by atoms with Gasteiger partial charge < -0.3 is 15.6 Å². The molecule has 0 aliphatic rings. The Bertz CT molecular complexity index is 583. The summed E-state index contributed by atoms with van der Waals surface area (Å²) < 4.78 is 1.77. The first-order valence-corrected chi connectivity index (χ1v) is 6.61. The van der Waals surface area contributed by atoms with Crippen LogP contribution in [0.1, 0.15) is 6.92 Å². The minimum atomic E-state index is -0.274. The van der Waals surface area contributed by atoms with E-state index in [1.807, 2.05) is 14.0 Å². The first kappa shape index (κ1) is 13.4. The Kier molecular flexibility index (Phi) is 4.06. The SMILES string of the molecule is CC(Sc1nncn1C)C(=O)Nc1cccc(N)c1. The van der Waals surface area contributed by atoms with E-state index < -0.39 is 0 Å². The first-order valence-electron chi connectivity index (χ1n) is 5.73. The third-order valence-corrected chi connectivity index (χ3v) is 3.62. The fourth-order valence-electron chi connectivity index (χ4n) is 1.45. The highest BCUT2D eigenvalue weighted by molar-refractivity contribution is 8.00. The predicted octanol–water partition coefficient (Wildman–Crippen LogP) is 1.52. The van der Waals surface area contributed by atoms with E-state index in [1.54, 1.807) is 35.2 Å². The Morgan fingerprint density at radius 3 is 2.95 bits per heavy atom. The van der Waals surface area contributed by atoms with Crippen molar-refractivity contribution in [3.05, 3.63) is 30.6 Å². The third-order valence-electron chi connectivity index (χ3n) is 2.48. The summed E-state index contributed by atoms with van der Waals surface area (Å²) in [6, 6.07) is 7.09. The molecule has 1 atom stereocenters. The summed E-state index contributed by atoms with van der Waals surface area (Å²) in [5.74, 6) is -0.0985. The van der Waals surface area contributed by atoms with E-state index >= 15 is 0 Å². The number of nitrogens with two attached hydrogens (primary N) is 1. The summed E-state index contributed by atoms with van der Waals surface area (Å²) >= 11 is 1.35. The molecule has 1 heterocycles. The van der Waals surface area contributed by atoms with Crippen LogP contribution in [0.15, 0.2) is 35.7 Å². The van der Waals surface area contributed by atoms with Crippen molar-refractivity contribution in [1.82, 2.24) is 14.8 Å². The lowest BCUT2D eigenvalue weighted by molar-refractivity contribution is -0.115. The molecule has 2 aromatic rings. The Morgan fingerprint density at radius 2 is 2.32 bits per heavy atom. The number of hydrogen-bond acceptors (Lipinski definition) is 5. The number of thioether (sulfide) groups is 1. The largest absolute Gasteiger partial charge is 0.399 e. The normalized spacial score (nSPS) is 12.1. The molecule has 2 rings (SSSR count). The summed E-state index contributed by atoms with van der Waals surface area (Å²) in [5, 5.41) is 11.0. The highest BCUT2D eigenvalue weighted by atomic mass is 32.2. The van der Waals surface area contributed by atoms with Crippen LogP contribution in [0, 0.1) is 0 Å². The molecule has 1 unspecified atom stereocenters. The Hall–Kier alpha value is -2.02. The maximum absolute atomic E-state index is 12.0. The molecule has 0 saturated carbocycles. The van der Waals surface area contributed by atoms with Crippen molar-refractivity contribution in [2.45, 2.75) is 17.3 Å². The molecule has 0 bridgehead atoms. The average molecular weight is 277 g/mol. The number of nitrogen functional groups attached to an aromatic ring is 1. The summed E-state index contributed by atoms with van der Waals surface area (Å²) in [5.41, 5.74) is 6.97. The lowest BCUT2D eigenvalue weighted by Gasteiger charge is -2.11. The van der Waals surface area contributed by atoms with E-state index in [2.05, 4.69) is 15.5 Å². The van der Waals surface area contributed by atoms with Crippen molar-refractivity contribution >= 4 is 29.0 Å². The van der Waals surface area contributed by atoms with Gasteiger partial charge in [0.15, 0.2) is 5.16 Å². The van der Waals surface area contributed by atoms with Crippen LogP contribution in [0.2, 0.25) is 0 Å². The Balaban J connectivity index is 1.98. The molecule has 100 valence electrons. The van der Waals surface area contributed by atoms with Crippen molar-refractivity contribution in [3.8, 4) is 0 Å². The molecule has 0 aliphatic heterocycles. The number of nitrogens with one attached hydrogen (secondary N) is 1. The average Bonchev–Trinajstić information content (AvgIpc) is 2.75. The molecular weight excluding hydrogens is 262 g/mol. The molecule has 19 heavy (non-hydrogen) atoms. The number of benzene rings is 1.